The molecule has 0 aliphatic carbocycles. The molecule has 1 atom stereocenters. The van der Waals surface area contributed by atoms with Crippen molar-refractivity contribution >= 4 is 23.3 Å². The molecule has 2 amide bonds. The molecule has 7 heteroatoms. The van der Waals surface area contributed by atoms with E-state index in [0.29, 0.717) is 12.1 Å². The summed E-state index contributed by atoms with van der Waals surface area (Å²) >= 11 is 1.60. The fraction of sp³-hybridized carbons (Fsp3) is 0.389. The van der Waals surface area contributed by atoms with Gasteiger partial charge in [-0.25, -0.2) is 14.6 Å². The van der Waals surface area contributed by atoms with E-state index < -0.39 is 0 Å². The Morgan fingerprint density at radius 1 is 1.28 bits per heavy atom. The van der Waals surface area contributed by atoms with Crippen molar-refractivity contribution in [3.63, 3.8) is 0 Å². The third kappa shape index (κ3) is 4.79. The number of carbonyl (C=O) groups excluding carboxylic acids is 2. The lowest BCUT2D eigenvalue weighted by Crippen LogP contribution is -2.38. The Morgan fingerprint density at radius 3 is 2.44 bits per heavy atom. The van der Waals surface area contributed by atoms with Gasteiger partial charge in [0, 0.05) is 18.5 Å². The highest BCUT2D eigenvalue weighted by Gasteiger charge is 2.17. The van der Waals surface area contributed by atoms with Gasteiger partial charge in [-0.1, -0.05) is 12.1 Å². The molecule has 0 aliphatic heterocycles. The van der Waals surface area contributed by atoms with Gasteiger partial charge in [-0.05, 0) is 38.5 Å². The van der Waals surface area contributed by atoms with E-state index in [1.807, 2.05) is 32.9 Å². The van der Waals surface area contributed by atoms with E-state index in [4.69, 9.17) is 0 Å². The molecule has 1 N–H and O–H groups in total. The number of carbonyl (C=O) groups is 2. The van der Waals surface area contributed by atoms with Gasteiger partial charge < -0.3 is 15.0 Å². The fourth-order valence-electron chi connectivity index (χ4n) is 2.52. The van der Waals surface area contributed by atoms with Gasteiger partial charge in [0.1, 0.15) is 0 Å². The van der Waals surface area contributed by atoms with Crippen LogP contribution in [-0.2, 0) is 11.3 Å². The zero-order valence-electron chi connectivity index (χ0n) is 15.1. The van der Waals surface area contributed by atoms with Gasteiger partial charge in [0.15, 0.2) is 0 Å². The van der Waals surface area contributed by atoms with E-state index >= 15 is 0 Å². The number of urea groups is 1. The monoisotopic (exact) mass is 361 g/mol. The molecule has 2 rings (SSSR count). The van der Waals surface area contributed by atoms with Crippen LogP contribution in [0.4, 0.5) is 4.79 Å². The number of amides is 2. The predicted molar refractivity (Wildman–Crippen MR) is 97.8 cm³/mol. The normalized spacial score (nSPS) is 11.7. The summed E-state index contributed by atoms with van der Waals surface area (Å²) in [6, 6.07) is 6.77. The molecule has 0 spiro atoms. The number of aryl methyl sites for hydroxylation is 2. The predicted octanol–water partition coefficient (Wildman–Crippen LogP) is 3.45. The largest absolute Gasteiger partial charge is 0.465 e. The van der Waals surface area contributed by atoms with Crippen LogP contribution in [-0.4, -0.2) is 36.0 Å². The van der Waals surface area contributed by atoms with E-state index in [0.717, 1.165) is 21.1 Å². The summed E-state index contributed by atoms with van der Waals surface area (Å²) < 4.78 is 4.67. The molecular formula is C18H23N3O3S. The maximum Gasteiger partial charge on any atom is 0.337 e. The van der Waals surface area contributed by atoms with Crippen molar-refractivity contribution < 1.29 is 14.3 Å². The van der Waals surface area contributed by atoms with Gasteiger partial charge in [-0.2, -0.15) is 0 Å². The van der Waals surface area contributed by atoms with Crippen LogP contribution in [0.15, 0.2) is 24.3 Å². The second-order valence-electron chi connectivity index (χ2n) is 5.90. The lowest BCUT2D eigenvalue weighted by Gasteiger charge is -2.21. The Labute approximate surface area is 151 Å². The summed E-state index contributed by atoms with van der Waals surface area (Å²) in [5.74, 6) is -0.373. The van der Waals surface area contributed by atoms with E-state index in [-0.39, 0.29) is 18.0 Å². The van der Waals surface area contributed by atoms with E-state index in [2.05, 4.69) is 15.0 Å². The number of methoxy groups -OCH3 is 1. The lowest BCUT2D eigenvalue weighted by molar-refractivity contribution is 0.0600. The maximum atomic E-state index is 12.4. The molecule has 2 aromatic rings. The summed E-state index contributed by atoms with van der Waals surface area (Å²) in [5.41, 5.74) is 2.38. The zero-order chi connectivity index (χ0) is 18.6. The molecular weight excluding hydrogens is 338 g/mol. The molecule has 1 heterocycles. The van der Waals surface area contributed by atoms with Gasteiger partial charge in [-0.3, -0.25) is 0 Å². The number of ether oxygens (including phenoxy) is 1. The topological polar surface area (TPSA) is 71.5 Å². The molecule has 25 heavy (non-hydrogen) atoms. The van der Waals surface area contributed by atoms with Crippen molar-refractivity contribution in [3.05, 3.63) is 51.0 Å². The van der Waals surface area contributed by atoms with Crippen LogP contribution in [0.2, 0.25) is 0 Å². The molecule has 0 bridgehead atoms. The molecule has 0 radical (unpaired) electrons. The first-order chi connectivity index (χ1) is 11.8. The third-order valence-corrected chi connectivity index (χ3v) is 5.07. The summed E-state index contributed by atoms with van der Waals surface area (Å²) in [6.45, 7) is 6.31. The molecule has 0 fully saturated rings. The second kappa shape index (κ2) is 8.11. The number of nitrogens with one attached hydrogen (secondary N) is 1. The van der Waals surface area contributed by atoms with Crippen LogP contribution in [0.25, 0.3) is 0 Å². The zero-order valence-corrected chi connectivity index (χ0v) is 15.9. The molecule has 0 aliphatic rings. The van der Waals surface area contributed by atoms with Crippen LogP contribution in [0.5, 0.6) is 0 Å². The molecule has 1 aromatic heterocycles. The van der Waals surface area contributed by atoms with Gasteiger partial charge in [-0.15, -0.1) is 11.3 Å². The standard InChI is InChI=1S/C18H23N3O3S/c1-11-16(25-13(3)19-11)12(2)20-18(23)21(4)10-14-6-8-15(9-7-14)17(22)24-5/h6-9,12H,10H2,1-5H3,(H,20,23)/t12-/m1/s1. The van der Waals surface area contributed by atoms with Crippen molar-refractivity contribution in [2.24, 2.45) is 0 Å². The van der Waals surface area contributed by atoms with Crippen molar-refractivity contribution in [3.8, 4) is 0 Å². The average Bonchev–Trinajstić information content (AvgIpc) is 2.93. The van der Waals surface area contributed by atoms with Crippen LogP contribution >= 0.6 is 11.3 Å². The molecule has 0 saturated carbocycles. The van der Waals surface area contributed by atoms with E-state index in [9.17, 15) is 9.59 Å². The highest BCUT2D eigenvalue weighted by molar-refractivity contribution is 7.11. The number of hydrogen-bond donors (Lipinski definition) is 1. The first kappa shape index (κ1) is 18.9. The Morgan fingerprint density at radius 2 is 1.92 bits per heavy atom. The number of nitrogens with zero attached hydrogens (tertiary/aromatic N) is 2. The van der Waals surface area contributed by atoms with Gasteiger partial charge in [0.05, 0.1) is 29.4 Å². The number of esters is 1. The van der Waals surface area contributed by atoms with Crippen molar-refractivity contribution in [1.82, 2.24) is 15.2 Å². The van der Waals surface area contributed by atoms with Crippen LogP contribution in [0, 0.1) is 13.8 Å². The van der Waals surface area contributed by atoms with E-state index in [1.165, 1.54) is 7.11 Å². The third-order valence-electron chi connectivity index (χ3n) is 3.81. The first-order valence-electron chi connectivity index (χ1n) is 7.94. The maximum absolute atomic E-state index is 12.4. The first-order valence-corrected chi connectivity index (χ1v) is 8.76. The van der Waals surface area contributed by atoms with Crippen molar-refractivity contribution in [2.45, 2.75) is 33.4 Å². The Balaban J connectivity index is 1.95. The number of hydrogen-bond acceptors (Lipinski definition) is 5. The minimum absolute atomic E-state index is 0.0946. The van der Waals surface area contributed by atoms with E-state index in [1.54, 1.807) is 35.4 Å². The summed E-state index contributed by atoms with van der Waals surface area (Å²) in [7, 11) is 3.09. The number of benzene rings is 1. The van der Waals surface area contributed by atoms with Crippen LogP contribution in [0.3, 0.4) is 0 Å². The minimum atomic E-state index is -0.373. The van der Waals surface area contributed by atoms with Gasteiger partial charge in [0.25, 0.3) is 0 Å². The van der Waals surface area contributed by atoms with Crippen LogP contribution in [0.1, 0.15) is 44.5 Å². The summed E-state index contributed by atoms with van der Waals surface area (Å²) in [4.78, 5) is 30.9. The quantitative estimate of drug-likeness (QED) is 0.828. The smallest absolute Gasteiger partial charge is 0.337 e. The van der Waals surface area contributed by atoms with Crippen molar-refractivity contribution in [2.75, 3.05) is 14.2 Å². The average molecular weight is 361 g/mol. The lowest BCUT2D eigenvalue weighted by atomic mass is 10.1. The summed E-state index contributed by atoms with van der Waals surface area (Å²) in [5, 5.41) is 3.99. The molecule has 0 saturated heterocycles. The molecule has 1 aromatic carbocycles. The Kier molecular flexibility index (Phi) is 6.14. The Bertz CT molecular complexity index is 755. The van der Waals surface area contributed by atoms with Crippen LogP contribution < -0.4 is 5.32 Å². The number of thiazole rings is 1. The Hall–Kier alpha value is -2.41. The number of aromatic nitrogens is 1. The minimum Gasteiger partial charge on any atom is -0.465 e. The summed E-state index contributed by atoms with van der Waals surface area (Å²) in [6.07, 6.45) is 0. The molecule has 6 nitrogen and oxygen atoms in total. The highest BCUT2D eigenvalue weighted by atomic mass is 32.1. The fourth-order valence-corrected chi connectivity index (χ4v) is 3.45. The molecule has 134 valence electrons. The molecule has 0 unspecified atom stereocenters. The SMILES string of the molecule is COC(=O)c1ccc(CN(C)C(=O)N[C@H](C)c2sc(C)nc2C)cc1. The second-order valence-corrected chi connectivity index (χ2v) is 7.13. The number of rotatable bonds is 5. The van der Waals surface area contributed by atoms with Crippen molar-refractivity contribution in [1.29, 1.82) is 0 Å². The highest BCUT2D eigenvalue weighted by Crippen LogP contribution is 2.24. The van der Waals surface area contributed by atoms with Gasteiger partial charge in [0.2, 0.25) is 0 Å². The van der Waals surface area contributed by atoms with Gasteiger partial charge >= 0.3 is 12.0 Å².